The molecule has 1 N–H and O–H groups in total. The third-order valence-corrected chi connectivity index (χ3v) is 9.25. The Kier molecular flexibility index (Phi) is 17.8. The van der Waals surface area contributed by atoms with Crippen molar-refractivity contribution in [3.63, 3.8) is 0 Å². The molecule has 0 radical (unpaired) electrons. The summed E-state index contributed by atoms with van der Waals surface area (Å²) < 4.78 is 0. The lowest BCUT2D eigenvalue weighted by Crippen LogP contribution is -2.29. The zero-order valence-electron chi connectivity index (χ0n) is 26.1. The minimum atomic E-state index is 0. The highest BCUT2D eigenvalue weighted by molar-refractivity contribution is 5.47. The van der Waals surface area contributed by atoms with Crippen LogP contribution < -0.4 is 5.32 Å². The highest BCUT2D eigenvalue weighted by Gasteiger charge is 2.21. The number of hydrogen-bond donors (Lipinski definition) is 1. The molecule has 2 heteroatoms. The van der Waals surface area contributed by atoms with E-state index < -0.39 is 0 Å². The summed E-state index contributed by atoms with van der Waals surface area (Å²) in [7, 11) is 2.25. The number of dihydropyridines is 1. The van der Waals surface area contributed by atoms with Crippen LogP contribution in [0.15, 0.2) is 77.7 Å². The predicted octanol–water partition coefficient (Wildman–Crippen LogP) is 11.4. The molecule has 2 atom stereocenters. The third-order valence-electron chi connectivity index (χ3n) is 9.25. The highest BCUT2D eigenvalue weighted by atomic mass is 15.1. The van der Waals surface area contributed by atoms with Gasteiger partial charge in [0.2, 0.25) is 0 Å². The first-order valence-electron chi connectivity index (χ1n) is 16.3. The Morgan fingerprint density at radius 3 is 2.15 bits per heavy atom. The van der Waals surface area contributed by atoms with Gasteiger partial charge in [-0.25, -0.2) is 0 Å². The molecule has 0 spiro atoms. The normalized spacial score (nSPS) is 24.7. The van der Waals surface area contributed by atoms with Gasteiger partial charge >= 0.3 is 0 Å². The number of rotatable bonds is 6. The van der Waals surface area contributed by atoms with Crippen molar-refractivity contribution in [2.75, 3.05) is 13.6 Å². The highest BCUT2D eigenvalue weighted by Crippen LogP contribution is 2.35. The van der Waals surface area contributed by atoms with E-state index in [1.807, 2.05) is 13.8 Å². The average molecular weight is 563 g/mol. The Morgan fingerprint density at radius 2 is 1.54 bits per heavy atom. The van der Waals surface area contributed by atoms with Gasteiger partial charge in [0.05, 0.1) is 0 Å². The van der Waals surface area contributed by atoms with Crippen LogP contribution in [0.25, 0.3) is 0 Å². The molecule has 232 valence electrons. The number of nitrogens with one attached hydrogen (secondary N) is 1. The number of nitrogens with zero attached hydrogens (tertiary/aromatic N) is 1. The van der Waals surface area contributed by atoms with E-state index in [2.05, 4.69) is 98.9 Å². The Hall–Kier alpha value is -2.22. The number of hydrogen-bond acceptors (Lipinski definition) is 2. The smallest absolute Gasteiger partial charge is 0.0429 e. The van der Waals surface area contributed by atoms with Crippen molar-refractivity contribution < 1.29 is 0 Å². The summed E-state index contributed by atoms with van der Waals surface area (Å²) in [4.78, 5) is 2.46. The van der Waals surface area contributed by atoms with Crippen LogP contribution in [-0.2, 0) is 0 Å². The summed E-state index contributed by atoms with van der Waals surface area (Å²) in [5.41, 5.74) is 5.87. The molecule has 2 saturated carbocycles. The van der Waals surface area contributed by atoms with Gasteiger partial charge in [0.15, 0.2) is 0 Å². The van der Waals surface area contributed by atoms with E-state index in [1.165, 1.54) is 87.5 Å². The summed E-state index contributed by atoms with van der Waals surface area (Å²) >= 11 is 0. The molecule has 2 heterocycles. The molecular formula is C39H66N2. The molecule has 41 heavy (non-hydrogen) atoms. The number of benzene rings is 1. The van der Waals surface area contributed by atoms with Crippen LogP contribution in [0.1, 0.15) is 132 Å². The van der Waals surface area contributed by atoms with E-state index in [9.17, 15) is 0 Å². The monoisotopic (exact) mass is 563 g/mol. The predicted molar refractivity (Wildman–Crippen MR) is 185 cm³/mol. The Bertz CT molecular complexity index is 939. The first-order chi connectivity index (χ1) is 19.0. The van der Waals surface area contributed by atoms with Gasteiger partial charge in [-0.3, -0.25) is 0 Å². The Labute approximate surface area is 256 Å². The van der Waals surface area contributed by atoms with Crippen molar-refractivity contribution in [3.8, 4) is 0 Å². The van der Waals surface area contributed by atoms with Gasteiger partial charge in [-0.1, -0.05) is 130 Å². The van der Waals surface area contributed by atoms with Gasteiger partial charge in [-0.05, 0) is 91.3 Å². The standard InChI is InChI=1S/C22H34N2.C13H18.C2H6.2CH4/c1-17(9-10-19-7-5-4-6-8-19)22-12-11-21(16-24(22)3)20-13-14-23-18(2)15-20;1-11-7-9-13(10-8-11)12-5-3-2-4-6-12;1-2;;/h11-15,17-19,23H,4-10,16H2,1-3H3;2-6,11,13H,7-10H2,1H3;1-2H3;2*1H4. The quantitative estimate of drug-likeness (QED) is 0.371. The van der Waals surface area contributed by atoms with E-state index in [-0.39, 0.29) is 14.9 Å². The van der Waals surface area contributed by atoms with Gasteiger partial charge in [-0.2, -0.15) is 0 Å². The second kappa shape index (κ2) is 19.8. The minimum Gasteiger partial charge on any atom is -0.385 e. The average Bonchev–Trinajstić information content (AvgIpc) is 2.98. The van der Waals surface area contributed by atoms with E-state index >= 15 is 0 Å². The van der Waals surface area contributed by atoms with E-state index in [0.717, 1.165) is 24.3 Å². The lowest BCUT2D eigenvalue weighted by atomic mass is 9.79. The van der Waals surface area contributed by atoms with Crippen molar-refractivity contribution in [2.45, 2.75) is 132 Å². The largest absolute Gasteiger partial charge is 0.385 e. The molecule has 0 saturated heterocycles. The van der Waals surface area contributed by atoms with Crippen molar-refractivity contribution in [1.82, 2.24) is 10.2 Å². The molecule has 2 nitrogen and oxygen atoms in total. The topological polar surface area (TPSA) is 15.3 Å². The molecule has 2 aliphatic heterocycles. The molecular weight excluding hydrogens is 496 g/mol. The zero-order valence-corrected chi connectivity index (χ0v) is 26.1. The van der Waals surface area contributed by atoms with Crippen molar-refractivity contribution in [2.24, 2.45) is 17.8 Å². The van der Waals surface area contributed by atoms with Crippen LogP contribution in [-0.4, -0.2) is 24.5 Å². The first kappa shape index (κ1) is 36.8. The second-order valence-electron chi connectivity index (χ2n) is 12.4. The maximum Gasteiger partial charge on any atom is 0.0429 e. The van der Waals surface area contributed by atoms with Crippen LogP contribution in [0.4, 0.5) is 0 Å². The summed E-state index contributed by atoms with van der Waals surface area (Å²) in [6, 6.07) is 11.4. The van der Waals surface area contributed by atoms with Gasteiger partial charge in [0.1, 0.15) is 0 Å². The molecule has 1 aromatic carbocycles. The lowest BCUT2D eigenvalue weighted by Gasteiger charge is -2.33. The van der Waals surface area contributed by atoms with Crippen molar-refractivity contribution >= 4 is 0 Å². The fourth-order valence-electron chi connectivity index (χ4n) is 6.75. The van der Waals surface area contributed by atoms with E-state index in [1.54, 1.807) is 5.56 Å². The molecule has 0 amide bonds. The van der Waals surface area contributed by atoms with Gasteiger partial charge in [0.25, 0.3) is 0 Å². The van der Waals surface area contributed by atoms with E-state index in [0.29, 0.717) is 12.0 Å². The molecule has 4 aliphatic rings. The third kappa shape index (κ3) is 11.9. The lowest BCUT2D eigenvalue weighted by molar-refractivity contribution is 0.302. The summed E-state index contributed by atoms with van der Waals surface area (Å²) in [5.74, 6) is 3.47. The first-order valence-corrected chi connectivity index (χ1v) is 16.3. The fraction of sp³-hybridized carbons (Fsp3) is 0.641. The molecule has 0 aromatic heterocycles. The summed E-state index contributed by atoms with van der Waals surface area (Å²) in [5, 5.41) is 3.32. The van der Waals surface area contributed by atoms with Crippen molar-refractivity contribution in [3.05, 3.63) is 83.2 Å². The van der Waals surface area contributed by atoms with Gasteiger partial charge in [-0.15, -0.1) is 0 Å². The molecule has 0 bridgehead atoms. The van der Waals surface area contributed by atoms with Crippen LogP contribution in [0.5, 0.6) is 0 Å². The van der Waals surface area contributed by atoms with Gasteiger partial charge < -0.3 is 10.2 Å². The molecule has 2 aliphatic carbocycles. The van der Waals surface area contributed by atoms with Gasteiger partial charge in [0, 0.05) is 25.3 Å². The number of likely N-dealkylation sites (N-methyl/N-ethyl adjacent to an activating group) is 1. The fourth-order valence-corrected chi connectivity index (χ4v) is 6.75. The number of allylic oxidation sites excluding steroid dienone is 4. The molecule has 5 rings (SSSR count). The molecule has 2 fully saturated rings. The Morgan fingerprint density at radius 1 is 0.878 bits per heavy atom. The summed E-state index contributed by atoms with van der Waals surface area (Å²) in [6.07, 6.45) is 27.0. The molecule has 2 unspecified atom stereocenters. The van der Waals surface area contributed by atoms with E-state index in [4.69, 9.17) is 0 Å². The maximum atomic E-state index is 3.32. The SMILES string of the molecule is C.C.CC.CC1C=C(C2=CC=C(C(C)CCC3CCCCC3)N(C)C2)C=CN1.CC1CCC(c2ccccc2)CC1. The Balaban J connectivity index is 0.000000421. The van der Waals surface area contributed by atoms with Crippen LogP contribution in [0, 0.1) is 17.8 Å². The second-order valence-corrected chi connectivity index (χ2v) is 12.4. The van der Waals surface area contributed by atoms with Crippen LogP contribution in [0.3, 0.4) is 0 Å². The maximum absolute atomic E-state index is 3.32. The van der Waals surface area contributed by atoms with Crippen molar-refractivity contribution in [1.29, 1.82) is 0 Å². The minimum absolute atomic E-state index is 0. The zero-order chi connectivity index (χ0) is 28.0. The summed E-state index contributed by atoms with van der Waals surface area (Å²) in [6.45, 7) is 12.0. The van der Waals surface area contributed by atoms with Crippen LogP contribution in [0.2, 0.25) is 0 Å². The molecule has 1 aromatic rings. The van der Waals surface area contributed by atoms with Crippen LogP contribution >= 0.6 is 0 Å².